The van der Waals surface area contributed by atoms with Crippen molar-refractivity contribution in [2.45, 2.75) is 4.90 Å². The molecule has 0 aliphatic carbocycles. The zero-order valence-corrected chi connectivity index (χ0v) is 19.5. The van der Waals surface area contributed by atoms with Crippen LogP contribution in [0.4, 0.5) is 15.8 Å². The van der Waals surface area contributed by atoms with Crippen LogP contribution in [0.5, 0.6) is 0 Å². The molecule has 3 aromatic rings. The van der Waals surface area contributed by atoms with Gasteiger partial charge in [0.2, 0.25) is 5.91 Å². The normalized spacial score (nSPS) is 10.8. The van der Waals surface area contributed by atoms with Crippen molar-refractivity contribution in [3.8, 4) is 0 Å². The lowest BCUT2D eigenvalue weighted by Gasteiger charge is -2.24. The number of rotatable bonds is 8. The highest BCUT2D eigenvalue weighted by Crippen LogP contribution is 2.27. The van der Waals surface area contributed by atoms with Crippen LogP contribution in [0.1, 0.15) is 20.7 Å². The van der Waals surface area contributed by atoms with Crippen LogP contribution in [0.3, 0.4) is 0 Å². The molecule has 0 fully saturated rings. The summed E-state index contributed by atoms with van der Waals surface area (Å²) >= 11 is 0. The molecule has 0 bridgehead atoms. The smallest absolute Gasteiger partial charge is 0.339 e. The van der Waals surface area contributed by atoms with Gasteiger partial charge < -0.3 is 14.8 Å². The van der Waals surface area contributed by atoms with E-state index < -0.39 is 40.2 Å². The summed E-state index contributed by atoms with van der Waals surface area (Å²) in [7, 11) is -2.06. The van der Waals surface area contributed by atoms with Gasteiger partial charge in [0.05, 0.1) is 41.6 Å². The molecule has 0 spiro atoms. The monoisotopic (exact) mass is 500 g/mol. The Labute approximate surface area is 201 Å². The Bertz CT molecular complexity index is 1360. The van der Waals surface area contributed by atoms with Gasteiger partial charge in [-0.3, -0.25) is 9.10 Å². The molecule has 1 amide bonds. The van der Waals surface area contributed by atoms with E-state index >= 15 is 0 Å². The maximum Gasteiger partial charge on any atom is 0.339 e. The molecule has 0 radical (unpaired) electrons. The van der Waals surface area contributed by atoms with E-state index in [2.05, 4.69) is 10.1 Å². The van der Waals surface area contributed by atoms with Gasteiger partial charge in [-0.2, -0.15) is 0 Å². The van der Waals surface area contributed by atoms with Crippen LogP contribution in [0.25, 0.3) is 0 Å². The number of benzene rings is 3. The second-order valence-corrected chi connectivity index (χ2v) is 8.93. The van der Waals surface area contributed by atoms with Crippen LogP contribution in [-0.2, 0) is 24.3 Å². The molecule has 11 heteroatoms. The summed E-state index contributed by atoms with van der Waals surface area (Å²) in [5.41, 5.74) is -0.520. The second kappa shape index (κ2) is 10.8. The first-order valence-electron chi connectivity index (χ1n) is 10.1. The van der Waals surface area contributed by atoms with Crippen LogP contribution in [0.15, 0.2) is 77.7 Å². The predicted molar refractivity (Wildman–Crippen MR) is 125 cm³/mol. The lowest BCUT2D eigenvalue weighted by atomic mass is 10.1. The molecule has 0 saturated heterocycles. The van der Waals surface area contributed by atoms with Crippen LogP contribution < -0.4 is 9.62 Å². The van der Waals surface area contributed by atoms with E-state index in [9.17, 15) is 27.2 Å². The van der Waals surface area contributed by atoms with Crippen molar-refractivity contribution >= 4 is 39.2 Å². The fourth-order valence-electron chi connectivity index (χ4n) is 3.17. The molecule has 0 unspecified atom stereocenters. The number of ether oxygens (including phenoxy) is 2. The molecular weight excluding hydrogens is 479 g/mol. The summed E-state index contributed by atoms with van der Waals surface area (Å²) < 4.78 is 51.2. The summed E-state index contributed by atoms with van der Waals surface area (Å²) in [6.45, 7) is -0.832. The number of carbonyl (C=O) groups excluding carboxylic acids is 3. The molecular formula is C24H21FN2O7S. The first kappa shape index (κ1) is 25.4. The zero-order chi connectivity index (χ0) is 25.6. The summed E-state index contributed by atoms with van der Waals surface area (Å²) in [5, 5.41) is 2.41. The highest BCUT2D eigenvalue weighted by molar-refractivity contribution is 7.92. The zero-order valence-electron chi connectivity index (χ0n) is 18.7. The number of amides is 1. The molecule has 0 heterocycles. The Balaban J connectivity index is 2.01. The lowest BCUT2D eigenvalue weighted by Crippen LogP contribution is -2.38. The van der Waals surface area contributed by atoms with Crippen molar-refractivity contribution in [2.24, 2.45) is 0 Å². The van der Waals surface area contributed by atoms with Gasteiger partial charge in [0, 0.05) is 0 Å². The number of sulfonamides is 1. The van der Waals surface area contributed by atoms with Crippen molar-refractivity contribution in [3.63, 3.8) is 0 Å². The quantitative estimate of drug-likeness (QED) is 0.472. The summed E-state index contributed by atoms with van der Waals surface area (Å²) in [5.74, 6) is -3.29. The Kier molecular flexibility index (Phi) is 7.82. The molecule has 0 aliphatic rings. The Morgan fingerprint density at radius 1 is 0.886 bits per heavy atom. The Hall–Kier alpha value is -4.25. The van der Waals surface area contributed by atoms with E-state index in [1.54, 1.807) is 6.07 Å². The van der Waals surface area contributed by atoms with E-state index in [-0.39, 0.29) is 27.4 Å². The molecule has 35 heavy (non-hydrogen) atoms. The minimum absolute atomic E-state index is 0.0262. The third kappa shape index (κ3) is 5.64. The minimum atomic E-state index is -4.35. The summed E-state index contributed by atoms with van der Waals surface area (Å²) in [6, 6.07) is 16.1. The second-order valence-electron chi connectivity index (χ2n) is 7.07. The SMILES string of the molecule is COC(=O)c1ccc(C(=O)OC)c(NC(=O)CN(c2ccccc2F)S(=O)(=O)c2ccccc2)c1. The topological polar surface area (TPSA) is 119 Å². The number of hydrogen-bond acceptors (Lipinski definition) is 7. The number of halogens is 1. The van der Waals surface area contributed by atoms with Gasteiger partial charge in [-0.1, -0.05) is 30.3 Å². The van der Waals surface area contributed by atoms with Crippen LogP contribution in [0.2, 0.25) is 0 Å². The highest BCUT2D eigenvalue weighted by atomic mass is 32.2. The van der Waals surface area contributed by atoms with Gasteiger partial charge in [-0.25, -0.2) is 22.4 Å². The first-order chi connectivity index (χ1) is 16.7. The molecule has 0 aromatic heterocycles. The fraction of sp³-hybridized carbons (Fsp3) is 0.125. The van der Waals surface area contributed by atoms with Crippen LogP contribution in [0, 0.1) is 5.82 Å². The highest BCUT2D eigenvalue weighted by Gasteiger charge is 2.29. The third-order valence-corrected chi connectivity index (χ3v) is 6.63. The van der Waals surface area contributed by atoms with Crippen molar-refractivity contribution in [3.05, 3.63) is 89.7 Å². The maximum atomic E-state index is 14.6. The number of methoxy groups -OCH3 is 2. The van der Waals surface area contributed by atoms with Crippen LogP contribution >= 0.6 is 0 Å². The van der Waals surface area contributed by atoms with Gasteiger partial charge in [0.25, 0.3) is 10.0 Å². The predicted octanol–water partition coefficient (Wildman–Crippen LogP) is 3.23. The van der Waals surface area contributed by atoms with E-state index in [1.165, 1.54) is 60.7 Å². The van der Waals surface area contributed by atoms with E-state index in [0.717, 1.165) is 20.3 Å². The Morgan fingerprint density at radius 2 is 1.51 bits per heavy atom. The molecule has 0 saturated carbocycles. The number of nitrogens with zero attached hydrogens (tertiary/aromatic N) is 1. The van der Waals surface area contributed by atoms with Gasteiger partial charge in [-0.15, -0.1) is 0 Å². The molecule has 182 valence electrons. The van der Waals surface area contributed by atoms with Gasteiger partial charge in [-0.05, 0) is 42.5 Å². The summed E-state index contributed by atoms with van der Waals surface area (Å²) in [4.78, 5) is 36.9. The van der Waals surface area contributed by atoms with E-state index in [0.29, 0.717) is 4.31 Å². The average Bonchev–Trinajstić information content (AvgIpc) is 2.87. The standard InChI is InChI=1S/C24H21FN2O7S/c1-33-23(29)16-12-13-18(24(30)34-2)20(14-16)26-22(28)15-27(21-11-7-6-10-19(21)25)35(31,32)17-8-4-3-5-9-17/h3-14H,15H2,1-2H3,(H,26,28). The van der Waals surface area contributed by atoms with Crippen molar-refractivity contribution in [2.75, 3.05) is 30.4 Å². The van der Waals surface area contributed by atoms with Crippen molar-refractivity contribution in [1.82, 2.24) is 0 Å². The minimum Gasteiger partial charge on any atom is -0.465 e. The number of hydrogen-bond donors (Lipinski definition) is 1. The van der Waals surface area contributed by atoms with Gasteiger partial charge in [0.1, 0.15) is 12.4 Å². The largest absolute Gasteiger partial charge is 0.465 e. The molecule has 3 rings (SSSR count). The molecule has 1 N–H and O–H groups in total. The number of para-hydroxylation sites is 1. The van der Waals surface area contributed by atoms with Gasteiger partial charge >= 0.3 is 11.9 Å². The molecule has 9 nitrogen and oxygen atoms in total. The van der Waals surface area contributed by atoms with Crippen LogP contribution in [-0.4, -0.2) is 47.0 Å². The van der Waals surface area contributed by atoms with Crippen molar-refractivity contribution < 1.29 is 36.7 Å². The van der Waals surface area contributed by atoms with Gasteiger partial charge in [0.15, 0.2) is 0 Å². The number of carbonyl (C=O) groups is 3. The fourth-order valence-corrected chi connectivity index (χ4v) is 4.62. The number of anilines is 2. The first-order valence-corrected chi connectivity index (χ1v) is 11.6. The van der Waals surface area contributed by atoms with E-state index in [1.807, 2.05) is 0 Å². The number of esters is 2. The van der Waals surface area contributed by atoms with E-state index in [4.69, 9.17) is 4.74 Å². The third-order valence-electron chi connectivity index (χ3n) is 4.86. The maximum absolute atomic E-state index is 14.6. The number of nitrogens with one attached hydrogen (secondary N) is 1. The average molecular weight is 501 g/mol. The molecule has 0 aliphatic heterocycles. The molecule has 0 atom stereocenters. The Morgan fingerprint density at radius 3 is 2.14 bits per heavy atom. The van der Waals surface area contributed by atoms with Crippen molar-refractivity contribution in [1.29, 1.82) is 0 Å². The summed E-state index contributed by atoms with van der Waals surface area (Å²) in [6.07, 6.45) is 0. The lowest BCUT2D eigenvalue weighted by molar-refractivity contribution is -0.114. The molecule has 3 aromatic carbocycles.